The first-order valence-corrected chi connectivity index (χ1v) is 6.66. The van der Waals surface area contributed by atoms with Crippen molar-refractivity contribution >= 4 is 24.1 Å². The molecule has 3 N–H and O–H groups in total. The smallest absolute Gasteiger partial charge is 0.269 e. The molecule has 1 fully saturated rings. The van der Waals surface area contributed by atoms with Crippen LogP contribution >= 0.6 is 12.4 Å². The van der Waals surface area contributed by atoms with Gasteiger partial charge < -0.3 is 11.1 Å². The molecule has 0 saturated heterocycles. The third kappa shape index (κ3) is 4.71. The van der Waals surface area contributed by atoms with Crippen molar-refractivity contribution in [1.29, 1.82) is 0 Å². The predicted octanol–water partition coefficient (Wildman–Crippen LogP) is 2.64. The first-order chi connectivity index (χ1) is 8.65. The van der Waals surface area contributed by atoms with Crippen LogP contribution < -0.4 is 11.1 Å². The minimum absolute atomic E-state index is 0. The van der Waals surface area contributed by atoms with E-state index in [1.54, 1.807) is 18.2 Å². The van der Waals surface area contributed by atoms with Gasteiger partial charge in [-0.25, -0.2) is 4.98 Å². The summed E-state index contributed by atoms with van der Waals surface area (Å²) in [6.07, 6.45) is 5.03. The third-order valence-corrected chi connectivity index (χ3v) is 3.60. The van der Waals surface area contributed by atoms with Crippen LogP contribution in [0.1, 0.15) is 43.1 Å². The van der Waals surface area contributed by atoms with E-state index < -0.39 is 0 Å². The molecule has 1 aromatic heterocycles. The highest BCUT2D eigenvalue weighted by molar-refractivity contribution is 5.92. The SMILES string of the molecule is CC1CCCC(CNC(=O)c2cccc(N)n2)C1.Cl. The molecule has 0 spiro atoms. The number of anilines is 1. The van der Waals surface area contributed by atoms with E-state index >= 15 is 0 Å². The zero-order chi connectivity index (χ0) is 13.0. The van der Waals surface area contributed by atoms with Crippen molar-refractivity contribution < 1.29 is 4.79 Å². The van der Waals surface area contributed by atoms with Crippen LogP contribution in [0.25, 0.3) is 0 Å². The monoisotopic (exact) mass is 283 g/mol. The second-order valence-corrected chi connectivity index (χ2v) is 5.30. The van der Waals surface area contributed by atoms with Crippen molar-refractivity contribution in [3.05, 3.63) is 23.9 Å². The predicted molar refractivity (Wildman–Crippen MR) is 79.4 cm³/mol. The van der Waals surface area contributed by atoms with Crippen molar-refractivity contribution in [1.82, 2.24) is 10.3 Å². The summed E-state index contributed by atoms with van der Waals surface area (Å²) < 4.78 is 0. The summed E-state index contributed by atoms with van der Waals surface area (Å²) in [4.78, 5) is 15.9. The van der Waals surface area contributed by atoms with Crippen molar-refractivity contribution in [2.24, 2.45) is 11.8 Å². The molecule has 2 unspecified atom stereocenters. The minimum Gasteiger partial charge on any atom is -0.384 e. The van der Waals surface area contributed by atoms with Crippen molar-refractivity contribution in [3.63, 3.8) is 0 Å². The van der Waals surface area contributed by atoms with Gasteiger partial charge in [-0.2, -0.15) is 0 Å². The molecule has 106 valence electrons. The lowest BCUT2D eigenvalue weighted by molar-refractivity contribution is 0.0936. The van der Waals surface area contributed by atoms with Gasteiger partial charge in [-0.3, -0.25) is 4.79 Å². The third-order valence-electron chi connectivity index (χ3n) is 3.60. The van der Waals surface area contributed by atoms with Gasteiger partial charge in [0, 0.05) is 6.54 Å². The van der Waals surface area contributed by atoms with Crippen molar-refractivity contribution in [2.45, 2.75) is 32.6 Å². The number of nitrogens with two attached hydrogens (primary N) is 1. The molecule has 1 amide bonds. The zero-order valence-electron chi connectivity index (χ0n) is 11.3. The maximum absolute atomic E-state index is 11.9. The van der Waals surface area contributed by atoms with Crippen molar-refractivity contribution in [3.8, 4) is 0 Å². The van der Waals surface area contributed by atoms with Crippen LogP contribution in [-0.4, -0.2) is 17.4 Å². The molecular formula is C14H22ClN3O. The molecule has 1 aliphatic carbocycles. The Labute approximate surface area is 120 Å². The molecule has 1 aliphatic rings. The molecule has 4 nitrogen and oxygen atoms in total. The Morgan fingerprint density at radius 1 is 1.47 bits per heavy atom. The van der Waals surface area contributed by atoms with Crippen molar-refractivity contribution in [2.75, 3.05) is 12.3 Å². The molecule has 2 rings (SSSR count). The summed E-state index contributed by atoms with van der Waals surface area (Å²) in [5, 5.41) is 2.96. The van der Waals surface area contributed by atoms with E-state index in [1.165, 1.54) is 25.7 Å². The summed E-state index contributed by atoms with van der Waals surface area (Å²) in [6, 6.07) is 5.12. The van der Waals surface area contributed by atoms with Gasteiger partial charge in [-0.1, -0.05) is 25.8 Å². The van der Waals surface area contributed by atoms with E-state index in [9.17, 15) is 4.79 Å². The Bertz CT molecular complexity index is 425. The van der Waals surface area contributed by atoms with Crippen LogP contribution in [0.2, 0.25) is 0 Å². The highest BCUT2D eigenvalue weighted by Crippen LogP contribution is 2.27. The van der Waals surface area contributed by atoms with Gasteiger partial charge in [-0.05, 0) is 36.8 Å². The molecule has 2 atom stereocenters. The average Bonchev–Trinajstić information content (AvgIpc) is 2.36. The molecule has 0 radical (unpaired) electrons. The Balaban J connectivity index is 0.00000180. The number of hydrogen-bond donors (Lipinski definition) is 2. The number of carbonyl (C=O) groups is 1. The number of halogens is 1. The Morgan fingerprint density at radius 2 is 2.26 bits per heavy atom. The maximum atomic E-state index is 11.9. The fourth-order valence-corrected chi connectivity index (χ4v) is 2.65. The van der Waals surface area contributed by atoms with E-state index in [1.807, 2.05) is 0 Å². The molecular weight excluding hydrogens is 262 g/mol. The fraction of sp³-hybridized carbons (Fsp3) is 0.571. The van der Waals surface area contributed by atoms with Gasteiger partial charge in [0.25, 0.3) is 5.91 Å². The average molecular weight is 284 g/mol. The topological polar surface area (TPSA) is 68.0 Å². The molecule has 1 aromatic rings. The Morgan fingerprint density at radius 3 is 2.95 bits per heavy atom. The van der Waals surface area contributed by atoms with E-state index in [-0.39, 0.29) is 18.3 Å². The largest absolute Gasteiger partial charge is 0.384 e. The summed E-state index contributed by atoms with van der Waals surface area (Å²) in [6.45, 7) is 3.03. The first kappa shape index (κ1) is 15.8. The van der Waals surface area contributed by atoms with Crippen LogP contribution in [0.3, 0.4) is 0 Å². The molecule has 5 heteroatoms. The second-order valence-electron chi connectivity index (χ2n) is 5.30. The standard InChI is InChI=1S/C14H21N3O.ClH/c1-10-4-2-5-11(8-10)9-16-14(18)12-6-3-7-13(15)17-12;/h3,6-7,10-11H,2,4-5,8-9H2,1H3,(H2,15,17)(H,16,18);1H. The summed E-state index contributed by atoms with van der Waals surface area (Å²) in [5.41, 5.74) is 5.96. The van der Waals surface area contributed by atoms with Gasteiger partial charge in [0.1, 0.15) is 11.5 Å². The van der Waals surface area contributed by atoms with E-state index in [0.717, 1.165) is 12.5 Å². The quantitative estimate of drug-likeness (QED) is 0.896. The number of pyridine rings is 1. The molecule has 0 aliphatic heterocycles. The number of carbonyl (C=O) groups excluding carboxylic acids is 1. The number of nitrogens with one attached hydrogen (secondary N) is 1. The fourth-order valence-electron chi connectivity index (χ4n) is 2.65. The van der Waals surface area contributed by atoms with Crippen LogP contribution in [0.4, 0.5) is 5.82 Å². The first-order valence-electron chi connectivity index (χ1n) is 6.66. The summed E-state index contributed by atoms with van der Waals surface area (Å²) in [7, 11) is 0. The number of nitrogens with zero attached hydrogens (tertiary/aromatic N) is 1. The van der Waals surface area contributed by atoms with Gasteiger partial charge in [0.15, 0.2) is 0 Å². The number of hydrogen-bond acceptors (Lipinski definition) is 3. The van der Waals surface area contributed by atoms with E-state index in [0.29, 0.717) is 17.4 Å². The van der Waals surface area contributed by atoms with Crippen LogP contribution in [0.15, 0.2) is 18.2 Å². The molecule has 0 aromatic carbocycles. The van der Waals surface area contributed by atoms with Crippen LogP contribution in [0.5, 0.6) is 0 Å². The number of nitrogen functional groups attached to an aromatic ring is 1. The zero-order valence-corrected chi connectivity index (χ0v) is 12.1. The van der Waals surface area contributed by atoms with Gasteiger partial charge in [0.05, 0.1) is 0 Å². The van der Waals surface area contributed by atoms with Gasteiger partial charge in [-0.15, -0.1) is 12.4 Å². The van der Waals surface area contributed by atoms with Crippen LogP contribution in [-0.2, 0) is 0 Å². The lowest BCUT2D eigenvalue weighted by atomic mass is 9.82. The Kier molecular flexibility index (Phi) is 6.09. The number of aromatic nitrogens is 1. The summed E-state index contributed by atoms with van der Waals surface area (Å²) in [5.74, 6) is 1.65. The lowest BCUT2D eigenvalue weighted by Gasteiger charge is -2.26. The number of amides is 1. The van der Waals surface area contributed by atoms with Crippen LogP contribution in [0, 0.1) is 11.8 Å². The molecule has 1 heterocycles. The van der Waals surface area contributed by atoms with Gasteiger partial charge >= 0.3 is 0 Å². The number of rotatable bonds is 3. The second kappa shape index (κ2) is 7.34. The van der Waals surface area contributed by atoms with E-state index in [2.05, 4.69) is 17.2 Å². The van der Waals surface area contributed by atoms with Gasteiger partial charge in [0.2, 0.25) is 0 Å². The Hall–Kier alpha value is -1.29. The lowest BCUT2D eigenvalue weighted by Crippen LogP contribution is -2.32. The maximum Gasteiger partial charge on any atom is 0.269 e. The molecule has 19 heavy (non-hydrogen) atoms. The highest BCUT2D eigenvalue weighted by atomic mass is 35.5. The normalized spacial score (nSPS) is 22.4. The highest BCUT2D eigenvalue weighted by Gasteiger charge is 2.19. The minimum atomic E-state index is -0.125. The molecule has 1 saturated carbocycles. The summed E-state index contributed by atoms with van der Waals surface area (Å²) >= 11 is 0. The molecule has 0 bridgehead atoms. The van der Waals surface area contributed by atoms with E-state index in [4.69, 9.17) is 5.73 Å².